The van der Waals surface area contributed by atoms with Gasteiger partial charge in [-0.05, 0) is 48.5 Å². The van der Waals surface area contributed by atoms with E-state index in [1.165, 1.54) is 62.8 Å². The van der Waals surface area contributed by atoms with E-state index in [0.717, 1.165) is 0 Å². The molecule has 32 heavy (non-hydrogen) atoms. The molecule has 0 saturated heterocycles. The highest BCUT2D eigenvalue weighted by Crippen LogP contribution is 2.22. The molecule has 0 fully saturated rings. The minimum Gasteiger partial charge on any atom is -0.497 e. The fraction of sp³-hybridized carbons (Fsp3) is 0.222. The fourth-order valence-electron chi connectivity index (χ4n) is 2.63. The third-order valence-corrected chi connectivity index (χ3v) is 7.91. The minimum atomic E-state index is -4.45. The number of amides is 4. The SMILES string of the molecule is COc1ccc(S(=O)(=O)N(CCN(C(N)=O)S(=O)(=O)c2ccc(OC)cc2)C(N)=O)cc1. The Bertz CT molecular complexity index is 1080. The summed E-state index contributed by atoms with van der Waals surface area (Å²) < 4.78 is 61.7. The van der Waals surface area contributed by atoms with E-state index < -0.39 is 45.2 Å². The van der Waals surface area contributed by atoms with Crippen LogP contribution < -0.4 is 20.9 Å². The quantitative estimate of drug-likeness (QED) is 0.515. The van der Waals surface area contributed by atoms with Crippen LogP contribution in [0.5, 0.6) is 11.5 Å². The molecule has 0 heterocycles. The number of hydrogen-bond donors (Lipinski definition) is 2. The number of carbonyl (C=O) groups is 2. The first-order chi connectivity index (χ1) is 14.9. The first-order valence-electron chi connectivity index (χ1n) is 8.87. The number of rotatable bonds is 9. The lowest BCUT2D eigenvalue weighted by molar-refractivity contribution is 0.221. The Balaban J connectivity index is 2.33. The van der Waals surface area contributed by atoms with Crippen molar-refractivity contribution in [3.8, 4) is 11.5 Å². The molecule has 2 aromatic carbocycles. The van der Waals surface area contributed by atoms with Gasteiger partial charge in [-0.2, -0.15) is 0 Å². The van der Waals surface area contributed by atoms with Gasteiger partial charge >= 0.3 is 12.1 Å². The first-order valence-corrected chi connectivity index (χ1v) is 11.8. The van der Waals surface area contributed by atoms with Gasteiger partial charge in [0.2, 0.25) is 0 Å². The van der Waals surface area contributed by atoms with Crippen LogP contribution in [0.25, 0.3) is 0 Å². The summed E-state index contributed by atoms with van der Waals surface area (Å²) in [5, 5.41) is 0. The van der Waals surface area contributed by atoms with Gasteiger partial charge in [-0.15, -0.1) is 0 Å². The van der Waals surface area contributed by atoms with Crippen LogP contribution in [0, 0.1) is 0 Å². The molecule has 0 atom stereocenters. The zero-order valence-corrected chi connectivity index (χ0v) is 18.8. The second kappa shape index (κ2) is 9.74. The van der Waals surface area contributed by atoms with Crippen LogP contribution >= 0.6 is 0 Å². The van der Waals surface area contributed by atoms with E-state index in [9.17, 15) is 26.4 Å². The Hall–Kier alpha value is -3.52. The van der Waals surface area contributed by atoms with Gasteiger partial charge in [0.25, 0.3) is 20.0 Å². The molecule has 0 aliphatic carbocycles. The fourth-order valence-corrected chi connectivity index (χ4v) is 5.22. The topological polar surface area (TPSA) is 179 Å². The molecule has 0 radical (unpaired) electrons. The van der Waals surface area contributed by atoms with Crippen LogP contribution in [0.2, 0.25) is 0 Å². The zero-order valence-electron chi connectivity index (χ0n) is 17.2. The van der Waals surface area contributed by atoms with E-state index in [1.54, 1.807) is 0 Å². The molecule has 4 N–H and O–H groups in total. The van der Waals surface area contributed by atoms with Crippen LogP contribution in [-0.4, -0.2) is 64.8 Å². The molecule has 14 heteroatoms. The van der Waals surface area contributed by atoms with Crippen molar-refractivity contribution >= 4 is 32.1 Å². The summed E-state index contributed by atoms with van der Waals surface area (Å²) in [7, 11) is -6.13. The summed E-state index contributed by atoms with van der Waals surface area (Å²) in [4.78, 5) is 23.1. The Labute approximate surface area is 185 Å². The number of benzene rings is 2. The molecule has 0 unspecified atom stereocenters. The highest BCUT2D eigenvalue weighted by atomic mass is 32.2. The molecular weight excluding hydrogens is 464 g/mol. The predicted octanol–water partition coefficient (Wildman–Crippen LogP) is 0.543. The summed E-state index contributed by atoms with van der Waals surface area (Å²) in [6.07, 6.45) is 0. The molecule has 0 aromatic heterocycles. The summed E-state index contributed by atoms with van der Waals surface area (Å²) in [5.41, 5.74) is 10.4. The molecule has 0 aliphatic heterocycles. The molecule has 2 aromatic rings. The van der Waals surface area contributed by atoms with E-state index in [4.69, 9.17) is 20.9 Å². The Morgan fingerprint density at radius 1 is 0.688 bits per heavy atom. The molecule has 0 aliphatic rings. The standard InChI is InChI=1S/C18H22N4O8S2/c1-29-13-3-7-15(8-4-13)31(25,26)21(17(19)23)11-12-22(18(20)24)32(27,28)16-9-5-14(30-2)6-10-16/h3-10H,11-12H2,1-2H3,(H2,19,23)(H2,20,24). The molecule has 12 nitrogen and oxygen atoms in total. The number of hydrogen-bond acceptors (Lipinski definition) is 8. The Kier molecular flexibility index (Phi) is 7.53. The van der Waals surface area contributed by atoms with Gasteiger partial charge in [-0.1, -0.05) is 0 Å². The maximum absolute atomic E-state index is 12.8. The normalized spacial score (nSPS) is 11.4. The van der Waals surface area contributed by atoms with Gasteiger partial charge < -0.3 is 20.9 Å². The van der Waals surface area contributed by atoms with Crippen molar-refractivity contribution in [2.75, 3.05) is 27.3 Å². The van der Waals surface area contributed by atoms with E-state index in [-0.39, 0.29) is 18.4 Å². The summed E-state index contributed by atoms with van der Waals surface area (Å²) in [6.45, 7) is -1.52. The van der Waals surface area contributed by atoms with Crippen molar-refractivity contribution in [3.05, 3.63) is 48.5 Å². The van der Waals surface area contributed by atoms with Crippen LogP contribution in [0.15, 0.2) is 58.3 Å². The van der Waals surface area contributed by atoms with Crippen LogP contribution in [0.4, 0.5) is 9.59 Å². The third-order valence-electron chi connectivity index (χ3n) is 4.29. The van der Waals surface area contributed by atoms with Gasteiger partial charge in [0.1, 0.15) is 11.5 Å². The highest BCUT2D eigenvalue weighted by molar-refractivity contribution is 7.90. The van der Waals surface area contributed by atoms with Crippen LogP contribution in [-0.2, 0) is 20.0 Å². The van der Waals surface area contributed by atoms with Gasteiger partial charge in [-0.3, -0.25) is 0 Å². The average molecular weight is 487 g/mol. The number of methoxy groups -OCH3 is 2. The number of carbonyl (C=O) groups excluding carboxylic acids is 2. The van der Waals surface area contributed by atoms with Crippen molar-refractivity contribution in [3.63, 3.8) is 0 Å². The number of nitrogens with two attached hydrogens (primary N) is 2. The average Bonchev–Trinajstić information content (AvgIpc) is 2.75. The second-order valence-electron chi connectivity index (χ2n) is 6.18. The van der Waals surface area contributed by atoms with Crippen molar-refractivity contribution < 1.29 is 35.9 Å². The van der Waals surface area contributed by atoms with E-state index in [1.807, 2.05) is 0 Å². The molecule has 0 bridgehead atoms. The van der Waals surface area contributed by atoms with Crippen molar-refractivity contribution in [2.45, 2.75) is 9.79 Å². The zero-order chi connectivity index (χ0) is 24.1. The van der Waals surface area contributed by atoms with Gasteiger partial charge in [-0.25, -0.2) is 35.0 Å². The third kappa shape index (κ3) is 5.20. The first kappa shape index (κ1) is 24.7. The van der Waals surface area contributed by atoms with Crippen molar-refractivity contribution in [1.29, 1.82) is 0 Å². The van der Waals surface area contributed by atoms with Crippen LogP contribution in [0.1, 0.15) is 0 Å². The van der Waals surface area contributed by atoms with Crippen molar-refractivity contribution in [2.24, 2.45) is 11.5 Å². The summed E-state index contributed by atoms with van der Waals surface area (Å²) >= 11 is 0. The Morgan fingerprint density at radius 2 is 0.969 bits per heavy atom. The number of nitrogens with zero attached hydrogens (tertiary/aromatic N) is 2. The molecule has 0 saturated carbocycles. The number of sulfonamides is 2. The second-order valence-corrected chi connectivity index (χ2v) is 9.91. The van der Waals surface area contributed by atoms with E-state index in [2.05, 4.69) is 0 Å². The number of urea groups is 2. The predicted molar refractivity (Wildman–Crippen MR) is 113 cm³/mol. The van der Waals surface area contributed by atoms with E-state index in [0.29, 0.717) is 11.5 Å². The highest BCUT2D eigenvalue weighted by Gasteiger charge is 2.32. The van der Waals surface area contributed by atoms with E-state index >= 15 is 0 Å². The monoisotopic (exact) mass is 486 g/mol. The number of primary amides is 2. The largest absolute Gasteiger partial charge is 0.497 e. The lowest BCUT2D eigenvalue weighted by atomic mass is 10.3. The molecule has 0 spiro atoms. The maximum Gasteiger partial charge on any atom is 0.328 e. The minimum absolute atomic E-state index is 0.244. The van der Waals surface area contributed by atoms with Crippen molar-refractivity contribution in [1.82, 2.24) is 8.61 Å². The molecule has 4 amide bonds. The summed E-state index contributed by atoms with van der Waals surface area (Å²) in [5.74, 6) is 0.750. The van der Waals surface area contributed by atoms with Crippen LogP contribution in [0.3, 0.4) is 0 Å². The van der Waals surface area contributed by atoms with Gasteiger partial charge in [0.15, 0.2) is 0 Å². The summed E-state index contributed by atoms with van der Waals surface area (Å²) in [6, 6.07) is 7.43. The number of ether oxygens (including phenoxy) is 2. The molecular formula is C18H22N4O8S2. The smallest absolute Gasteiger partial charge is 0.328 e. The molecule has 2 rings (SSSR count). The lowest BCUT2D eigenvalue weighted by Crippen LogP contribution is -2.48. The van der Waals surface area contributed by atoms with Gasteiger partial charge in [0.05, 0.1) is 37.1 Å². The maximum atomic E-state index is 12.8. The lowest BCUT2D eigenvalue weighted by Gasteiger charge is -2.25. The Morgan fingerprint density at radius 3 is 1.19 bits per heavy atom. The van der Waals surface area contributed by atoms with Gasteiger partial charge in [0, 0.05) is 0 Å². The molecule has 174 valence electrons.